The zero-order chi connectivity index (χ0) is 23.3. The summed E-state index contributed by atoms with van der Waals surface area (Å²) in [4.78, 5) is 25.5. The van der Waals surface area contributed by atoms with Gasteiger partial charge in [0.2, 0.25) is 5.91 Å². The molecule has 1 fully saturated rings. The number of nitrogens with one attached hydrogen (secondary N) is 3. The first-order chi connectivity index (χ1) is 16.7. The highest BCUT2D eigenvalue weighted by Crippen LogP contribution is 2.31. The van der Waals surface area contributed by atoms with Crippen molar-refractivity contribution in [2.24, 2.45) is 0 Å². The molecule has 0 aliphatic carbocycles. The number of nitrogens with zero attached hydrogens (tertiary/aromatic N) is 3. The SMILES string of the molecule is O=C(Nc1ccc2ncnc(Nc3ccc(OCc4ccccn4)c(Cl)c3)c2c1)[C@H]1CCCN1. The third-order valence-electron chi connectivity index (χ3n) is 5.58. The molecule has 1 saturated heterocycles. The van der Waals surface area contributed by atoms with Gasteiger partial charge >= 0.3 is 0 Å². The van der Waals surface area contributed by atoms with Gasteiger partial charge in [-0.05, 0) is 67.9 Å². The van der Waals surface area contributed by atoms with Gasteiger partial charge in [0.1, 0.15) is 24.5 Å². The van der Waals surface area contributed by atoms with Crippen molar-refractivity contribution in [2.45, 2.75) is 25.5 Å². The van der Waals surface area contributed by atoms with Gasteiger partial charge in [0.05, 0.1) is 22.3 Å². The average Bonchev–Trinajstić information content (AvgIpc) is 3.40. The normalized spacial score (nSPS) is 15.3. The lowest BCUT2D eigenvalue weighted by atomic mass is 10.1. The molecule has 8 nitrogen and oxygen atoms in total. The highest BCUT2D eigenvalue weighted by Gasteiger charge is 2.22. The first kappa shape index (κ1) is 22.1. The summed E-state index contributed by atoms with van der Waals surface area (Å²) >= 11 is 6.45. The van der Waals surface area contributed by atoms with Crippen molar-refractivity contribution in [3.8, 4) is 5.75 Å². The molecule has 4 aromatic rings. The minimum absolute atomic E-state index is 0.0312. The van der Waals surface area contributed by atoms with E-state index >= 15 is 0 Å². The minimum atomic E-state index is -0.152. The molecule has 0 unspecified atom stereocenters. The molecule has 0 bridgehead atoms. The van der Waals surface area contributed by atoms with Crippen molar-refractivity contribution in [3.05, 3.63) is 77.8 Å². The number of hydrogen-bond acceptors (Lipinski definition) is 7. The van der Waals surface area contributed by atoms with Gasteiger partial charge in [-0.25, -0.2) is 9.97 Å². The largest absolute Gasteiger partial charge is 0.486 e. The summed E-state index contributed by atoms with van der Waals surface area (Å²) in [6.45, 7) is 1.20. The Morgan fingerprint density at radius 1 is 1.09 bits per heavy atom. The van der Waals surface area contributed by atoms with Crippen molar-refractivity contribution in [3.63, 3.8) is 0 Å². The lowest BCUT2D eigenvalue weighted by molar-refractivity contribution is -0.117. The van der Waals surface area contributed by atoms with Crippen molar-refractivity contribution in [2.75, 3.05) is 17.2 Å². The van der Waals surface area contributed by atoms with Crippen LogP contribution in [0.1, 0.15) is 18.5 Å². The van der Waals surface area contributed by atoms with Crippen LogP contribution in [-0.2, 0) is 11.4 Å². The monoisotopic (exact) mass is 474 g/mol. The number of pyridine rings is 1. The molecular weight excluding hydrogens is 452 g/mol. The van der Waals surface area contributed by atoms with Gasteiger partial charge in [-0.3, -0.25) is 9.78 Å². The summed E-state index contributed by atoms with van der Waals surface area (Å²) in [6, 6.07) is 16.5. The predicted octanol–water partition coefficient (Wildman–Crippen LogP) is 4.69. The van der Waals surface area contributed by atoms with Crippen molar-refractivity contribution in [1.29, 1.82) is 0 Å². The number of halogens is 1. The van der Waals surface area contributed by atoms with Gasteiger partial charge in [-0.2, -0.15) is 0 Å². The summed E-state index contributed by atoms with van der Waals surface area (Å²) in [6.07, 6.45) is 5.07. The number of rotatable bonds is 7. The van der Waals surface area contributed by atoms with Crippen molar-refractivity contribution in [1.82, 2.24) is 20.3 Å². The Balaban J connectivity index is 1.32. The second kappa shape index (κ2) is 10.0. The Kier molecular flexibility index (Phi) is 6.51. The number of carbonyl (C=O) groups is 1. The number of ether oxygens (including phenoxy) is 1. The molecule has 2 aromatic heterocycles. The zero-order valence-corrected chi connectivity index (χ0v) is 19.0. The van der Waals surface area contributed by atoms with Crippen LogP contribution in [0.3, 0.4) is 0 Å². The Labute approximate surface area is 201 Å². The molecule has 3 heterocycles. The number of aromatic nitrogens is 3. The molecule has 9 heteroatoms. The molecule has 172 valence electrons. The molecular formula is C25H23ClN6O2. The van der Waals surface area contributed by atoms with Crippen LogP contribution in [0.25, 0.3) is 10.9 Å². The van der Waals surface area contributed by atoms with Crippen LogP contribution in [0.4, 0.5) is 17.2 Å². The summed E-state index contributed by atoms with van der Waals surface area (Å²) in [5, 5.41) is 10.7. The summed E-state index contributed by atoms with van der Waals surface area (Å²) in [5.74, 6) is 1.14. The van der Waals surface area contributed by atoms with E-state index < -0.39 is 0 Å². The fourth-order valence-electron chi connectivity index (χ4n) is 3.84. The topological polar surface area (TPSA) is 101 Å². The fraction of sp³-hybridized carbons (Fsp3) is 0.200. The second-order valence-corrected chi connectivity index (χ2v) is 8.38. The van der Waals surface area contributed by atoms with E-state index in [-0.39, 0.29) is 11.9 Å². The van der Waals surface area contributed by atoms with Gasteiger partial charge in [-0.1, -0.05) is 17.7 Å². The Hall–Kier alpha value is -3.75. The molecule has 1 aliphatic rings. The smallest absolute Gasteiger partial charge is 0.241 e. The first-order valence-corrected chi connectivity index (χ1v) is 11.4. The molecule has 1 amide bonds. The maximum Gasteiger partial charge on any atom is 0.241 e. The van der Waals surface area contributed by atoms with Crippen LogP contribution in [0.5, 0.6) is 5.75 Å². The van der Waals surface area contributed by atoms with E-state index in [1.807, 2.05) is 42.5 Å². The van der Waals surface area contributed by atoms with E-state index in [9.17, 15) is 4.79 Å². The van der Waals surface area contributed by atoms with Crippen molar-refractivity contribution >= 4 is 45.6 Å². The van der Waals surface area contributed by atoms with Crippen LogP contribution < -0.4 is 20.7 Å². The predicted molar refractivity (Wildman–Crippen MR) is 132 cm³/mol. The maximum atomic E-state index is 12.5. The van der Waals surface area contributed by atoms with Gasteiger partial charge in [-0.15, -0.1) is 0 Å². The number of anilines is 3. The van der Waals surface area contributed by atoms with Crippen LogP contribution in [0.2, 0.25) is 5.02 Å². The van der Waals surface area contributed by atoms with Crippen LogP contribution >= 0.6 is 11.6 Å². The number of hydrogen-bond donors (Lipinski definition) is 3. The van der Waals surface area contributed by atoms with E-state index in [1.54, 1.807) is 18.3 Å². The Morgan fingerprint density at radius 3 is 2.79 bits per heavy atom. The number of amides is 1. The molecule has 1 atom stereocenters. The Morgan fingerprint density at radius 2 is 2.00 bits per heavy atom. The molecule has 34 heavy (non-hydrogen) atoms. The number of carbonyl (C=O) groups excluding carboxylic acids is 1. The van der Waals surface area contributed by atoms with E-state index in [1.165, 1.54) is 6.33 Å². The third kappa shape index (κ3) is 5.08. The lowest BCUT2D eigenvalue weighted by Gasteiger charge is -2.13. The minimum Gasteiger partial charge on any atom is -0.486 e. The standard InChI is InChI=1S/C25H23ClN6O2/c26-20-13-17(7-9-23(20)34-14-18-4-1-2-10-27-18)31-24-19-12-16(6-8-21(19)29-15-30-24)32-25(33)22-5-3-11-28-22/h1-2,4,6-10,12-13,15,22,28H,3,5,11,14H2,(H,32,33)(H,29,30,31)/t22-/m1/s1. The molecule has 5 rings (SSSR count). The highest BCUT2D eigenvalue weighted by atomic mass is 35.5. The van der Waals surface area contributed by atoms with Gasteiger partial charge < -0.3 is 20.7 Å². The van der Waals surface area contributed by atoms with E-state index in [2.05, 4.69) is 30.9 Å². The van der Waals surface area contributed by atoms with Gasteiger partial charge in [0.15, 0.2) is 0 Å². The lowest BCUT2D eigenvalue weighted by Crippen LogP contribution is -2.35. The van der Waals surface area contributed by atoms with Gasteiger partial charge in [0.25, 0.3) is 0 Å². The molecule has 0 spiro atoms. The highest BCUT2D eigenvalue weighted by molar-refractivity contribution is 6.32. The van der Waals surface area contributed by atoms with E-state index in [0.717, 1.165) is 41.7 Å². The van der Waals surface area contributed by atoms with E-state index in [4.69, 9.17) is 16.3 Å². The quantitative estimate of drug-likeness (QED) is 0.357. The average molecular weight is 475 g/mol. The van der Waals surface area contributed by atoms with Gasteiger partial charge in [0, 0.05) is 23.0 Å². The molecule has 2 aromatic carbocycles. The summed E-state index contributed by atoms with van der Waals surface area (Å²) in [5.41, 5.74) is 3.02. The van der Waals surface area contributed by atoms with Crippen LogP contribution in [-0.4, -0.2) is 33.4 Å². The fourth-order valence-corrected chi connectivity index (χ4v) is 4.07. The zero-order valence-electron chi connectivity index (χ0n) is 18.3. The number of benzene rings is 2. The maximum absolute atomic E-state index is 12.5. The number of fused-ring (bicyclic) bond motifs is 1. The first-order valence-electron chi connectivity index (χ1n) is 11.0. The molecule has 0 radical (unpaired) electrons. The molecule has 0 saturated carbocycles. The van der Waals surface area contributed by atoms with Crippen molar-refractivity contribution < 1.29 is 9.53 Å². The Bertz CT molecular complexity index is 1310. The second-order valence-electron chi connectivity index (χ2n) is 7.97. The van der Waals surface area contributed by atoms with Crippen LogP contribution in [0.15, 0.2) is 67.1 Å². The third-order valence-corrected chi connectivity index (χ3v) is 5.87. The molecule has 3 N–H and O–H groups in total. The summed E-state index contributed by atoms with van der Waals surface area (Å²) in [7, 11) is 0. The summed E-state index contributed by atoms with van der Waals surface area (Å²) < 4.78 is 5.80. The molecule has 1 aliphatic heterocycles. The van der Waals surface area contributed by atoms with Crippen LogP contribution in [0, 0.1) is 0 Å². The van der Waals surface area contributed by atoms with E-state index in [0.29, 0.717) is 28.9 Å².